The monoisotopic (exact) mass is 388 g/mol. The number of piperidine rings is 1. The number of hydrazone groups is 1. The van der Waals surface area contributed by atoms with Gasteiger partial charge >= 0.3 is 0 Å². The van der Waals surface area contributed by atoms with Gasteiger partial charge < -0.3 is 4.90 Å². The summed E-state index contributed by atoms with van der Waals surface area (Å²) in [5.41, 5.74) is 3.92. The van der Waals surface area contributed by atoms with Crippen molar-refractivity contribution in [2.45, 2.75) is 12.8 Å². The zero-order chi connectivity index (χ0) is 19.4. The van der Waals surface area contributed by atoms with Crippen LogP contribution in [0.4, 0.5) is 5.69 Å². The number of rotatable bonds is 5. The zero-order valence-electron chi connectivity index (χ0n) is 15.6. The molecular formula is C19H24N4O3S. The van der Waals surface area contributed by atoms with Gasteiger partial charge in [-0.25, -0.2) is 13.8 Å². The first kappa shape index (κ1) is 19.3. The third kappa shape index (κ3) is 4.84. The average Bonchev–Trinajstić information content (AvgIpc) is 2.64. The highest BCUT2D eigenvalue weighted by atomic mass is 32.2. The van der Waals surface area contributed by atoms with Crippen molar-refractivity contribution in [1.29, 1.82) is 0 Å². The van der Waals surface area contributed by atoms with Crippen LogP contribution in [0, 0.1) is 0 Å². The molecule has 1 saturated heterocycles. The molecule has 7 nitrogen and oxygen atoms in total. The van der Waals surface area contributed by atoms with E-state index in [4.69, 9.17) is 0 Å². The lowest BCUT2D eigenvalue weighted by Gasteiger charge is -2.24. The van der Waals surface area contributed by atoms with E-state index in [-0.39, 0.29) is 6.54 Å². The van der Waals surface area contributed by atoms with Crippen molar-refractivity contribution >= 4 is 38.1 Å². The van der Waals surface area contributed by atoms with E-state index >= 15 is 0 Å². The molecule has 3 rings (SSSR count). The number of amides is 1. The molecule has 8 heteroatoms. The summed E-state index contributed by atoms with van der Waals surface area (Å²) in [5, 5.41) is 5.87. The summed E-state index contributed by atoms with van der Waals surface area (Å²) < 4.78 is 25.8. The molecule has 0 atom stereocenters. The lowest BCUT2D eigenvalue weighted by molar-refractivity contribution is -0.119. The number of nitrogens with one attached hydrogen (secondary N) is 1. The lowest BCUT2D eigenvalue weighted by Crippen LogP contribution is -2.39. The van der Waals surface area contributed by atoms with Crippen LogP contribution in [0.1, 0.15) is 12.8 Å². The minimum atomic E-state index is -3.64. The van der Waals surface area contributed by atoms with Crippen LogP contribution >= 0.6 is 0 Å². The van der Waals surface area contributed by atoms with E-state index in [1.165, 1.54) is 0 Å². The van der Waals surface area contributed by atoms with Gasteiger partial charge in [-0.1, -0.05) is 36.4 Å². The molecule has 27 heavy (non-hydrogen) atoms. The van der Waals surface area contributed by atoms with Crippen LogP contribution in [0.2, 0.25) is 0 Å². The van der Waals surface area contributed by atoms with Crippen molar-refractivity contribution in [3.8, 4) is 0 Å². The van der Waals surface area contributed by atoms with Gasteiger partial charge in [0.1, 0.15) is 6.54 Å². The van der Waals surface area contributed by atoms with Crippen LogP contribution in [-0.4, -0.2) is 57.9 Å². The van der Waals surface area contributed by atoms with Crippen LogP contribution in [0.25, 0.3) is 10.8 Å². The van der Waals surface area contributed by atoms with Crippen LogP contribution in [0.3, 0.4) is 0 Å². The maximum Gasteiger partial charge on any atom is 0.260 e. The fraction of sp³-hybridized carbons (Fsp3) is 0.368. The Labute approximate surface area is 159 Å². The highest BCUT2D eigenvalue weighted by molar-refractivity contribution is 7.92. The number of fused-ring (bicyclic) bond motifs is 1. The van der Waals surface area contributed by atoms with Crippen LogP contribution in [-0.2, 0) is 14.8 Å². The molecular weight excluding hydrogens is 364 g/mol. The summed E-state index contributed by atoms with van der Waals surface area (Å²) in [7, 11) is -1.59. The third-order valence-corrected chi connectivity index (χ3v) is 5.75. The molecule has 2 aromatic carbocycles. The molecule has 0 radical (unpaired) electrons. The maximum absolute atomic E-state index is 12.4. The van der Waals surface area contributed by atoms with E-state index in [1.807, 2.05) is 37.4 Å². The smallest absolute Gasteiger partial charge is 0.260 e. The maximum atomic E-state index is 12.4. The van der Waals surface area contributed by atoms with Gasteiger partial charge in [-0.05, 0) is 18.5 Å². The molecule has 1 aliphatic heterocycles. The summed E-state index contributed by atoms with van der Waals surface area (Å²) in [6.45, 7) is 1.49. The van der Waals surface area contributed by atoms with Crippen molar-refractivity contribution in [3.05, 3.63) is 42.5 Å². The summed E-state index contributed by atoms with van der Waals surface area (Å²) in [6, 6.07) is 12.9. The molecule has 1 N–H and O–H groups in total. The SMILES string of the molecule is CN1CCC(=NNC(=O)CN(c2cccc3ccccc23)S(C)(=O)=O)CC1. The number of hydrogen-bond donors (Lipinski definition) is 1. The number of hydrogen-bond acceptors (Lipinski definition) is 5. The Morgan fingerprint density at radius 1 is 1.15 bits per heavy atom. The lowest BCUT2D eigenvalue weighted by atomic mass is 10.1. The van der Waals surface area contributed by atoms with Gasteiger partial charge in [0.05, 0.1) is 11.9 Å². The van der Waals surface area contributed by atoms with Crippen molar-refractivity contribution in [1.82, 2.24) is 10.3 Å². The summed E-state index contributed by atoms with van der Waals surface area (Å²) in [5.74, 6) is -0.459. The number of benzene rings is 2. The van der Waals surface area contributed by atoms with Gasteiger partial charge in [0.25, 0.3) is 5.91 Å². The van der Waals surface area contributed by atoms with Crippen LogP contribution < -0.4 is 9.73 Å². The highest BCUT2D eigenvalue weighted by Crippen LogP contribution is 2.28. The van der Waals surface area contributed by atoms with Crippen LogP contribution in [0.5, 0.6) is 0 Å². The van der Waals surface area contributed by atoms with Crippen molar-refractivity contribution in [3.63, 3.8) is 0 Å². The van der Waals surface area contributed by atoms with Crippen molar-refractivity contribution in [2.24, 2.45) is 5.10 Å². The molecule has 144 valence electrons. The third-order valence-electron chi connectivity index (χ3n) is 4.63. The van der Waals surface area contributed by atoms with E-state index in [0.717, 1.165) is 53.0 Å². The second kappa shape index (κ2) is 8.06. The molecule has 2 aromatic rings. The van der Waals surface area contributed by atoms with Crippen LogP contribution in [0.15, 0.2) is 47.6 Å². The predicted octanol–water partition coefficient (Wildman–Crippen LogP) is 1.80. The first-order valence-corrected chi connectivity index (χ1v) is 10.7. The van der Waals surface area contributed by atoms with Gasteiger partial charge in [0, 0.05) is 37.0 Å². The molecule has 1 heterocycles. The number of sulfonamides is 1. The molecule has 1 amide bonds. The Balaban J connectivity index is 1.80. The Kier molecular flexibility index (Phi) is 5.76. The molecule has 0 saturated carbocycles. The largest absolute Gasteiger partial charge is 0.306 e. The van der Waals surface area contributed by atoms with E-state index < -0.39 is 15.9 Å². The molecule has 1 fully saturated rings. The standard InChI is InChI=1S/C19H24N4O3S/c1-22-12-10-16(11-13-22)20-21-19(24)14-23(27(2,25)26)18-9-5-7-15-6-3-4-8-17(15)18/h3-9H,10-14H2,1-2H3,(H,21,24). The van der Waals surface area contributed by atoms with Crippen molar-refractivity contribution < 1.29 is 13.2 Å². The number of carbonyl (C=O) groups excluding carboxylic acids is 1. The first-order valence-electron chi connectivity index (χ1n) is 8.83. The summed E-state index contributed by atoms with van der Waals surface area (Å²) in [4.78, 5) is 14.6. The topological polar surface area (TPSA) is 82.1 Å². The predicted molar refractivity (Wildman–Crippen MR) is 108 cm³/mol. The molecule has 1 aliphatic rings. The van der Waals surface area contributed by atoms with Crippen molar-refractivity contribution in [2.75, 3.05) is 37.2 Å². The van der Waals surface area contributed by atoms with Gasteiger partial charge in [-0.2, -0.15) is 5.10 Å². The van der Waals surface area contributed by atoms with Gasteiger partial charge in [0.15, 0.2) is 0 Å². The molecule has 0 aromatic heterocycles. The Morgan fingerprint density at radius 3 is 2.52 bits per heavy atom. The molecule has 0 unspecified atom stereocenters. The zero-order valence-corrected chi connectivity index (χ0v) is 16.4. The van der Waals surface area contributed by atoms with Gasteiger partial charge in [-0.3, -0.25) is 9.10 Å². The van der Waals surface area contributed by atoms with E-state index in [2.05, 4.69) is 15.4 Å². The first-order chi connectivity index (χ1) is 12.8. The Hall–Kier alpha value is -2.45. The minimum absolute atomic E-state index is 0.316. The summed E-state index contributed by atoms with van der Waals surface area (Å²) in [6.07, 6.45) is 2.71. The van der Waals surface area contributed by atoms with E-state index in [9.17, 15) is 13.2 Å². The second-order valence-electron chi connectivity index (χ2n) is 6.78. The average molecular weight is 388 g/mol. The van der Waals surface area contributed by atoms with Gasteiger partial charge in [-0.15, -0.1) is 0 Å². The number of likely N-dealkylation sites (tertiary alicyclic amines) is 1. The normalized spacial score (nSPS) is 15.6. The Morgan fingerprint density at radius 2 is 1.81 bits per heavy atom. The fourth-order valence-electron chi connectivity index (χ4n) is 3.10. The number of anilines is 1. The number of carbonyl (C=O) groups is 1. The van der Waals surface area contributed by atoms with E-state index in [0.29, 0.717) is 5.69 Å². The molecule has 0 bridgehead atoms. The van der Waals surface area contributed by atoms with E-state index in [1.54, 1.807) is 12.1 Å². The number of nitrogens with zero attached hydrogens (tertiary/aromatic N) is 3. The summed E-state index contributed by atoms with van der Waals surface area (Å²) >= 11 is 0. The quantitative estimate of drug-likeness (QED) is 0.792. The van der Waals surface area contributed by atoms with Gasteiger partial charge in [0.2, 0.25) is 10.0 Å². The Bertz CT molecular complexity index is 957. The minimum Gasteiger partial charge on any atom is -0.306 e. The molecule has 0 spiro atoms. The highest BCUT2D eigenvalue weighted by Gasteiger charge is 2.22. The fourth-order valence-corrected chi connectivity index (χ4v) is 3.97. The molecule has 0 aliphatic carbocycles. The second-order valence-corrected chi connectivity index (χ2v) is 8.69.